The highest BCUT2D eigenvalue weighted by atomic mass is 16.5. The van der Waals surface area contributed by atoms with Gasteiger partial charge in [-0.1, -0.05) is 31.1 Å². The van der Waals surface area contributed by atoms with Crippen molar-refractivity contribution >= 4 is 46.5 Å². The van der Waals surface area contributed by atoms with Crippen LogP contribution in [-0.2, 0) is 19.1 Å². The standard InChI is InChI=1S/C34H39N9O9/c1-16(2)27(41-30(46)17(3)38-32(48)52-11-9-37-42-35)31(47)36-8-10-51-19-4-5-22-18(12-19)13-24(39-22)28(44)25-14-20-23(40-25)6-7-26-34(20)21(29(34)45)15-43(26)33(49)50/h4-5,7,12-14,16-17,21,23,25,27,39-40H,6,8-11,15H2,1-3H3,(H,36,47)(H,38,48)(H,41,46)(H,49,50)/t17-,21+,23-,25+,27-,34-/m0/s1. The van der Waals surface area contributed by atoms with E-state index in [9.17, 15) is 33.9 Å². The summed E-state index contributed by atoms with van der Waals surface area (Å²) in [5.41, 5.74) is 9.70. The van der Waals surface area contributed by atoms with E-state index in [1.54, 1.807) is 50.3 Å². The number of nitrogens with zero attached hydrogens (tertiary/aromatic N) is 4. The van der Waals surface area contributed by atoms with Gasteiger partial charge in [0.15, 0.2) is 11.6 Å². The Bertz CT molecular complexity index is 1950. The largest absolute Gasteiger partial charge is 0.492 e. The number of H-pyrrole nitrogens is 1. The third-order valence-electron chi connectivity index (χ3n) is 9.81. The number of Topliss-reactive ketones (excluding diaryl/α,β-unsaturated/α-hetero) is 2. The Kier molecular flexibility index (Phi) is 9.95. The van der Waals surface area contributed by atoms with Crippen molar-refractivity contribution in [2.45, 2.75) is 51.4 Å². The number of benzene rings is 1. The van der Waals surface area contributed by atoms with Crippen molar-refractivity contribution in [3.8, 4) is 5.75 Å². The summed E-state index contributed by atoms with van der Waals surface area (Å²) in [5.74, 6) is -1.40. The Balaban J connectivity index is 0.997. The van der Waals surface area contributed by atoms with Gasteiger partial charge in [0.1, 0.15) is 29.9 Å². The van der Waals surface area contributed by atoms with Gasteiger partial charge in [0.25, 0.3) is 0 Å². The van der Waals surface area contributed by atoms with Gasteiger partial charge in [-0.2, -0.15) is 0 Å². The van der Waals surface area contributed by atoms with Gasteiger partial charge in [0.05, 0.1) is 37.4 Å². The van der Waals surface area contributed by atoms with Crippen LogP contribution in [-0.4, -0.2) is 108 Å². The molecule has 1 saturated carbocycles. The van der Waals surface area contributed by atoms with Crippen LogP contribution in [0, 0.1) is 17.3 Å². The molecule has 4 aliphatic rings. The van der Waals surface area contributed by atoms with E-state index in [-0.39, 0.29) is 56.4 Å². The number of ether oxygens (including phenoxy) is 2. The van der Waals surface area contributed by atoms with Gasteiger partial charge in [0, 0.05) is 34.1 Å². The van der Waals surface area contributed by atoms with E-state index in [0.717, 1.165) is 11.0 Å². The zero-order chi connectivity index (χ0) is 37.3. The first-order valence-electron chi connectivity index (χ1n) is 16.9. The van der Waals surface area contributed by atoms with Crippen LogP contribution in [0.2, 0.25) is 0 Å². The van der Waals surface area contributed by atoms with Crippen molar-refractivity contribution in [1.82, 2.24) is 31.2 Å². The fourth-order valence-electron chi connectivity index (χ4n) is 7.23. The molecular weight excluding hydrogens is 678 g/mol. The lowest BCUT2D eigenvalue weighted by Gasteiger charge is -2.30. The van der Waals surface area contributed by atoms with Gasteiger partial charge >= 0.3 is 12.2 Å². The third-order valence-corrected chi connectivity index (χ3v) is 9.81. The molecule has 0 radical (unpaired) electrons. The average molecular weight is 718 g/mol. The number of carboxylic acid groups (broad SMARTS) is 1. The highest BCUT2D eigenvalue weighted by molar-refractivity contribution is 6.13. The van der Waals surface area contributed by atoms with E-state index in [2.05, 4.69) is 36.3 Å². The molecule has 274 valence electrons. The van der Waals surface area contributed by atoms with Gasteiger partial charge in [-0.3, -0.25) is 29.4 Å². The second kappa shape index (κ2) is 14.4. The molecule has 4 amide bonds. The molecule has 2 aliphatic carbocycles. The highest BCUT2D eigenvalue weighted by Crippen LogP contribution is 2.67. The SMILES string of the molecule is CC(C)[C@H](NC(=O)[C@H](C)NC(=O)OCCN=[N+]=[N-])C(=O)NCCOc1ccc2[nH]c(C(=O)[C@H]3C=C4[C@H](CC=C5N(C(=O)O)C[C@@H]6C(=O)[C@]456)N3)cc2c1. The molecular formula is C34H39N9O9. The van der Waals surface area contributed by atoms with Crippen LogP contribution in [0.1, 0.15) is 37.7 Å². The molecule has 6 atom stereocenters. The smallest absolute Gasteiger partial charge is 0.411 e. The molecule has 1 spiro atoms. The van der Waals surface area contributed by atoms with Crippen LogP contribution < -0.4 is 26.0 Å². The highest BCUT2D eigenvalue weighted by Gasteiger charge is 2.76. The number of ketones is 2. The third kappa shape index (κ3) is 6.65. The Morgan fingerprint density at radius 3 is 2.65 bits per heavy atom. The van der Waals surface area contributed by atoms with Gasteiger partial charge in [-0.05, 0) is 54.6 Å². The fourth-order valence-corrected chi connectivity index (χ4v) is 7.23. The first-order valence-corrected chi connectivity index (χ1v) is 16.9. The molecule has 52 heavy (non-hydrogen) atoms. The Morgan fingerprint density at radius 1 is 1.13 bits per heavy atom. The first-order chi connectivity index (χ1) is 24.9. The van der Waals surface area contributed by atoms with Crippen LogP contribution in [0.3, 0.4) is 0 Å². The van der Waals surface area contributed by atoms with Gasteiger partial charge < -0.3 is 35.5 Å². The molecule has 18 heteroatoms. The molecule has 2 fully saturated rings. The minimum absolute atomic E-state index is 0.00658. The number of carbonyl (C=O) groups is 6. The number of hydrogen-bond acceptors (Lipinski definition) is 10. The topological polar surface area (TPSA) is 257 Å². The molecule has 6 rings (SSSR count). The van der Waals surface area contributed by atoms with Crippen LogP contribution in [0.25, 0.3) is 21.3 Å². The summed E-state index contributed by atoms with van der Waals surface area (Å²) in [6.07, 6.45) is 2.12. The molecule has 0 unspecified atom stereocenters. The molecule has 1 aromatic heterocycles. The predicted molar refractivity (Wildman–Crippen MR) is 183 cm³/mol. The van der Waals surface area contributed by atoms with Gasteiger partial charge in [-0.25, -0.2) is 9.59 Å². The van der Waals surface area contributed by atoms with Crippen LogP contribution in [0.4, 0.5) is 9.59 Å². The lowest BCUT2D eigenvalue weighted by atomic mass is 9.81. The second-order valence-corrected chi connectivity index (χ2v) is 13.4. The Hall–Kier alpha value is -5.87. The number of amides is 4. The second-order valence-electron chi connectivity index (χ2n) is 13.4. The van der Waals surface area contributed by atoms with Crippen molar-refractivity contribution in [1.29, 1.82) is 0 Å². The number of allylic oxidation sites excluding steroid dienone is 1. The number of aromatic amines is 1. The normalized spacial score (nSPS) is 23.6. The molecule has 1 aromatic carbocycles. The molecule has 6 N–H and O–H groups in total. The number of carbonyl (C=O) groups excluding carboxylic acids is 5. The Morgan fingerprint density at radius 2 is 1.92 bits per heavy atom. The summed E-state index contributed by atoms with van der Waals surface area (Å²) < 4.78 is 10.7. The summed E-state index contributed by atoms with van der Waals surface area (Å²) in [6, 6.07) is 4.19. The van der Waals surface area contributed by atoms with Gasteiger partial charge in [0.2, 0.25) is 11.8 Å². The first kappa shape index (κ1) is 35.9. The number of fused-ring (bicyclic) bond motifs is 2. The lowest BCUT2D eigenvalue weighted by Crippen LogP contribution is -2.55. The minimum atomic E-state index is -1.08. The molecule has 0 bridgehead atoms. The van der Waals surface area contributed by atoms with E-state index in [0.29, 0.717) is 29.1 Å². The number of hydrogen-bond donors (Lipinski definition) is 6. The maximum atomic E-state index is 13.6. The Labute approximate surface area is 296 Å². The van der Waals surface area contributed by atoms with E-state index in [4.69, 9.17) is 15.0 Å². The van der Waals surface area contributed by atoms with Crippen molar-refractivity contribution in [3.05, 3.63) is 63.8 Å². The van der Waals surface area contributed by atoms with E-state index < -0.39 is 53.5 Å². The zero-order valence-electron chi connectivity index (χ0n) is 28.7. The summed E-state index contributed by atoms with van der Waals surface area (Å²) >= 11 is 0. The summed E-state index contributed by atoms with van der Waals surface area (Å²) in [4.78, 5) is 82.6. The minimum Gasteiger partial charge on any atom is -0.492 e. The van der Waals surface area contributed by atoms with Crippen LogP contribution in [0.5, 0.6) is 5.75 Å². The monoisotopic (exact) mass is 717 g/mol. The summed E-state index contributed by atoms with van der Waals surface area (Å²) in [5, 5.41) is 24.7. The van der Waals surface area contributed by atoms with Crippen LogP contribution >= 0.6 is 0 Å². The van der Waals surface area contributed by atoms with Crippen molar-refractivity contribution in [3.63, 3.8) is 0 Å². The number of piperidine rings is 1. The molecule has 18 nitrogen and oxygen atoms in total. The molecule has 2 aromatic rings. The van der Waals surface area contributed by atoms with E-state index in [1.807, 2.05) is 0 Å². The summed E-state index contributed by atoms with van der Waals surface area (Å²) in [7, 11) is 0. The molecule has 2 aliphatic heterocycles. The quantitative estimate of drug-likeness (QED) is 0.0414. The van der Waals surface area contributed by atoms with Gasteiger partial charge in [-0.15, -0.1) is 0 Å². The average Bonchev–Trinajstić information content (AvgIpc) is 3.58. The molecule has 3 heterocycles. The van der Waals surface area contributed by atoms with E-state index in [1.165, 1.54) is 11.8 Å². The maximum Gasteiger partial charge on any atom is 0.411 e. The zero-order valence-corrected chi connectivity index (χ0v) is 28.7. The maximum absolute atomic E-state index is 13.6. The van der Waals surface area contributed by atoms with Crippen molar-refractivity contribution in [2.24, 2.45) is 22.4 Å². The van der Waals surface area contributed by atoms with Crippen molar-refractivity contribution < 1.29 is 43.3 Å². The lowest BCUT2D eigenvalue weighted by molar-refractivity contribution is -0.130. The number of rotatable bonds is 14. The van der Waals surface area contributed by atoms with Crippen LogP contribution in [0.15, 0.2) is 52.8 Å². The number of likely N-dealkylation sites (tertiary alicyclic amines) is 1. The number of aromatic nitrogens is 1. The van der Waals surface area contributed by atoms with E-state index >= 15 is 0 Å². The number of alkyl carbamates (subject to hydrolysis) is 1. The number of azide groups is 1. The summed E-state index contributed by atoms with van der Waals surface area (Å²) in [6.45, 7) is 5.16. The molecule has 1 saturated heterocycles. The fraction of sp³-hybridized carbons (Fsp3) is 0.471. The number of nitrogens with one attached hydrogen (secondary N) is 5. The van der Waals surface area contributed by atoms with Crippen molar-refractivity contribution in [2.75, 3.05) is 32.8 Å². The predicted octanol–water partition coefficient (Wildman–Crippen LogP) is 2.14.